The normalized spacial score (nSPS) is 12.2. The highest BCUT2D eigenvalue weighted by Gasteiger charge is 2.14. The highest BCUT2D eigenvalue weighted by molar-refractivity contribution is 9.10. The Hall–Kier alpha value is -0.830. The molecule has 1 unspecified atom stereocenters. The molecular weight excluding hydrogens is 232 g/mol. The average Bonchev–Trinajstić information content (AvgIpc) is 2.18. The molecule has 13 heavy (non-hydrogen) atoms. The van der Waals surface area contributed by atoms with Crippen molar-refractivity contribution in [3.8, 4) is 5.75 Å². The first-order valence-corrected chi connectivity index (χ1v) is 5.06. The molecule has 70 valence electrons. The van der Waals surface area contributed by atoms with E-state index in [0.29, 0.717) is 5.75 Å². The number of para-hydroxylation sites is 1. The summed E-state index contributed by atoms with van der Waals surface area (Å²) in [5.41, 5.74) is 0. The molecule has 1 atom stereocenters. The second kappa shape index (κ2) is 5.02. The van der Waals surface area contributed by atoms with Crippen molar-refractivity contribution in [3.63, 3.8) is 0 Å². The summed E-state index contributed by atoms with van der Waals surface area (Å²) >= 11 is 3.23. The number of rotatable bonds is 3. The summed E-state index contributed by atoms with van der Waals surface area (Å²) in [6.07, 6.45) is 0.728. The number of carbonyl (C=O) groups excluding carboxylic acids is 1. The Bertz CT molecular complexity index is 272. The van der Waals surface area contributed by atoms with Crippen molar-refractivity contribution < 1.29 is 9.53 Å². The van der Waals surface area contributed by atoms with Gasteiger partial charge in [0.1, 0.15) is 10.6 Å². The van der Waals surface area contributed by atoms with Gasteiger partial charge in [0.05, 0.1) is 0 Å². The number of benzene rings is 1. The maximum atomic E-state index is 11.3. The summed E-state index contributed by atoms with van der Waals surface area (Å²) in [7, 11) is 0. The molecule has 1 rings (SSSR count). The third kappa shape index (κ3) is 3.19. The van der Waals surface area contributed by atoms with E-state index in [-0.39, 0.29) is 10.8 Å². The maximum absolute atomic E-state index is 11.3. The summed E-state index contributed by atoms with van der Waals surface area (Å²) < 4.78 is 5.08. The molecule has 0 spiro atoms. The monoisotopic (exact) mass is 242 g/mol. The minimum absolute atomic E-state index is 0.215. The van der Waals surface area contributed by atoms with Crippen LogP contribution in [0.3, 0.4) is 0 Å². The molecule has 0 radical (unpaired) electrons. The van der Waals surface area contributed by atoms with Gasteiger partial charge >= 0.3 is 5.97 Å². The number of hydrogen-bond donors (Lipinski definition) is 0. The fourth-order valence-electron chi connectivity index (χ4n) is 0.835. The lowest BCUT2D eigenvalue weighted by atomic mass is 10.3. The fourth-order valence-corrected chi connectivity index (χ4v) is 0.929. The van der Waals surface area contributed by atoms with Crippen molar-refractivity contribution >= 4 is 21.9 Å². The number of hydrogen-bond acceptors (Lipinski definition) is 2. The van der Waals surface area contributed by atoms with Crippen molar-refractivity contribution in [1.29, 1.82) is 0 Å². The second-order valence-electron chi connectivity index (χ2n) is 2.61. The highest BCUT2D eigenvalue weighted by atomic mass is 79.9. The topological polar surface area (TPSA) is 26.3 Å². The van der Waals surface area contributed by atoms with Crippen LogP contribution < -0.4 is 4.74 Å². The van der Waals surface area contributed by atoms with E-state index in [1.54, 1.807) is 12.1 Å². The number of carbonyl (C=O) groups is 1. The van der Waals surface area contributed by atoms with E-state index in [2.05, 4.69) is 15.9 Å². The van der Waals surface area contributed by atoms with Crippen LogP contribution in [-0.2, 0) is 4.79 Å². The molecule has 0 amide bonds. The van der Waals surface area contributed by atoms with E-state index in [4.69, 9.17) is 4.74 Å². The van der Waals surface area contributed by atoms with Gasteiger partial charge in [0.15, 0.2) is 0 Å². The van der Waals surface area contributed by atoms with Gasteiger partial charge in [-0.3, -0.25) is 4.79 Å². The van der Waals surface area contributed by atoms with Crippen molar-refractivity contribution in [1.82, 2.24) is 0 Å². The SMILES string of the molecule is CCC(Br)C(=O)Oc1ccccc1. The van der Waals surface area contributed by atoms with E-state index >= 15 is 0 Å². The van der Waals surface area contributed by atoms with E-state index in [1.807, 2.05) is 25.1 Å². The summed E-state index contributed by atoms with van der Waals surface area (Å²) in [5.74, 6) is 0.346. The first kappa shape index (κ1) is 10.3. The zero-order valence-electron chi connectivity index (χ0n) is 7.37. The summed E-state index contributed by atoms with van der Waals surface area (Å²) in [6.45, 7) is 1.92. The van der Waals surface area contributed by atoms with Gasteiger partial charge in [0.2, 0.25) is 0 Å². The van der Waals surface area contributed by atoms with Crippen LogP contribution >= 0.6 is 15.9 Å². The molecule has 0 aliphatic carbocycles. The maximum Gasteiger partial charge on any atom is 0.325 e. The third-order valence-corrected chi connectivity index (χ3v) is 2.60. The number of halogens is 1. The Balaban J connectivity index is 2.55. The molecule has 0 bridgehead atoms. The quantitative estimate of drug-likeness (QED) is 0.463. The largest absolute Gasteiger partial charge is 0.426 e. The van der Waals surface area contributed by atoms with E-state index in [9.17, 15) is 4.79 Å². The minimum atomic E-state index is -0.242. The molecule has 0 saturated carbocycles. The Morgan fingerprint density at radius 3 is 2.62 bits per heavy atom. The van der Waals surface area contributed by atoms with Crippen molar-refractivity contribution in [2.75, 3.05) is 0 Å². The van der Waals surface area contributed by atoms with Gasteiger partial charge in [-0.05, 0) is 18.6 Å². The van der Waals surface area contributed by atoms with Crippen LogP contribution in [0.4, 0.5) is 0 Å². The lowest BCUT2D eigenvalue weighted by Gasteiger charge is -2.06. The molecule has 0 aliphatic rings. The Labute approximate surface area is 86.0 Å². The van der Waals surface area contributed by atoms with Crippen molar-refractivity contribution in [2.24, 2.45) is 0 Å². The first-order chi connectivity index (χ1) is 6.24. The van der Waals surface area contributed by atoms with Gasteiger partial charge in [-0.15, -0.1) is 0 Å². The van der Waals surface area contributed by atoms with Gasteiger partial charge in [-0.1, -0.05) is 41.1 Å². The van der Waals surface area contributed by atoms with Crippen LogP contribution in [0.25, 0.3) is 0 Å². The first-order valence-electron chi connectivity index (χ1n) is 4.15. The van der Waals surface area contributed by atoms with Gasteiger partial charge in [-0.2, -0.15) is 0 Å². The van der Waals surface area contributed by atoms with Crippen LogP contribution in [0.5, 0.6) is 5.75 Å². The predicted octanol–water partition coefficient (Wildman–Crippen LogP) is 2.77. The van der Waals surface area contributed by atoms with E-state index < -0.39 is 0 Å². The Morgan fingerprint density at radius 2 is 2.08 bits per heavy atom. The van der Waals surface area contributed by atoms with Crippen LogP contribution in [-0.4, -0.2) is 10.8 Å². The minimum Gasteiger partial charge on any atom is -0.426 e. The van der Waals surface area contributed by atoms with Gasteiger partial charge in [-0.25, -0.2) is 0 Å². The molecule has 0 fully saturated rings. The van der Waals surface area contributed by atoms with Gasteiger partial charge in [0, 0.05) is 0 Å². The molecule has 2 nitrogen and oxygen atoms in total. The zero-order valence-corrected chi connectivity index (χ0v) is 8.95. The number of alkyl halides is 1. The molecule has 3 heteroatoms. The summed E-state index contributed by atoms with van der Waals surface area (Å²) in [6, 6.07) is 9.05. The molecule has 0 aliphatic heterocycles. The number of ether oxygens (including phenoxy) is 1. The van der Waals surface area contributed by atoms with Crippen molar-refractivity contribution in [2.45, 2.75) is 18.2 Å². The molecule has 1 aromatic rings. The number of esters is 1. The van der Waals surface area contributed by atoms with Gasteiger partial charge in [0.25, 0.3) is 0 Å². The predicted molar refractivity (Wildman–Crippen MR) is 55.1 cm³/mol. The van der Waals surface area contributed by atoms with E-state index in [1.165, 1.54) is 0 Å². The molecule has 0 aromatic heterocycles. The van der Waals surface area contributed by atoms with Crippen LogP contribution in [0.15, 0.2) is 30.3 Å². The highest BCUT2D eigenvalue weighted by Crippen LogP contribution is 2.13. The molecule has 0 saturated heterocycles. The van der Waals surface area contributed by atoms with Gasteiger partial charge < -0.3 is 4.74 Å². The molecular formula is C10H11BrO2. The Morgan fingerprint density at radius 1 is 1.46 bits per heavy atom. The molecule has 1 aromatic carbocycles. The lowest BCUT2D eigenvalue weighted by Crippen LogP contribution is -2.19. The summed E-state index contributed by atoms with van der Waals surface area (Å²) in [4.78, 5) is 11.1. The standard InChI is InChI=1S/C10H11BrO2/c1-2-9(11)10(12)13-8-6-4-3-5-7-8/h3-7,9H,2H2,1H3. The second-order valence-corrected chi connectivity index (χ2v) is 3.72. The Kier molecular flexibility index (Phi) is 3.96. The fraction of sp³-hybridized carbons (Fsp3) is 0.300. The summed E-state index contributed by atoms with van der Waals surface area (Å²) in [5, 5.41) is 0. The van der Waals surface area contributed by atoms with E-state index in [0.717, 1.165) is 6.42 Å². The third-order valence-electron chi connectivity index (χ3n) is 1.58. The van der Waals surface area contributed by atoms with Crippen LogP contribution in [0.1, 0.15) is 13.3 Å². The smallest absolute Gasteiger partial charge is 0.325 e. The van der Waals surface area contributed by atoms with Crippen molar-refractivity contribution in [3.05, 3.63) is 30.3 Å². The molecule has 0 N–H and O–H groups in total. The van der Waals surface area contributed by atoms with Crippen LogP contribution in [0, 0.1) is 0 Å². The molecule has 0 heterocycles. The van der Waals surface area contributed by atoms with Crippen LogP contribution in [0.2, 0.25) is 0 Å². The lowest BCUT2D eigenvalue weighted by molar-refractivity contribution is -0.133. The zero-order chi connectivity index (χ0) is 9.68. The average molecular weight is 243 g/mol.